The molecule has 0 saturated heterocycles. The lowest BCUT2D eigenvalue weighted by Gasteiger charge is -2.06. The molecule has 0 bridgehead atoms. The Hall–Kier alpha value is -2.49. The molecule has 2 aromatic rings. The first-order valence-corrected chi connectivity index (χ1v) is 6.04. The zero-order chi connectivity index (χ0) is 13.5. The molecule has 2 aromatic heterocycles. The van der Waals surface area contributed by atoms with Crippen LogP contribution >= 0.6 is 0 Å². The minimum atomic E-state index is 0.735. The molecule has 0 aliphatic heterocycles. The summed E-state index contributed by atoms with van der Waals surface area (Å²) >= 11 is 0. The second-order valence-electron chi connectivity index (χ2n) is 4.12. The number of pyridine rings is 1. The van der Waals surface area contributed by atoms with Crippen LogP contribution in [0.15, 0.2) is 49.1 Å². The molecule has 0 saturated carbocycles. The highest BCUT2D eigenvalue weighted by Crippen LogP contribution is 2.10. The lowest BCUT2D eigenvalue weighted by atomic mass is 10.2. The predicted molar refractivity (Wildman–Crippen MR) is 78.5 cm³/mol. The topological polar surface area (TPSA) is 50.7 Å². The zero-order valence-electron chi connectivity index (χ0n) is 10.9. The third-order valence-corrected chi connectivity index (χ3v) is 2.57. The minimum Gasteiger partial charge on any atom is -0.380 e. The van der Waals surface area contributed by atoms with Gasteiger partial charge < -0.3 is 5.32 Å². The molecule has 0 spiro atoms. The molecule has 2 heterocycles. The maximum Gasteiger partial charge on any atom is 0.0886 e. The van der Waals surface area contributed by atoms with E-state index < -0.39 is 0 Å². The molecule has 0 unspecified atom stereocenters. The van der Waals surface area contributed by atoms with Crippen LogP contribution in [0.3, 0.4) is 0 Å². The van der Waals surface area contributed by atoms with Crippen LogP contribution in [0.5, 0.6) is 0 Å². The molecule has 0 aromatic carbocycles. The summed E-state index contributed by atoms with van der Waals surface area (Å²) in [6, 6.07) is 3.89. The Labute approximate surface area is 113 Å². The molecule has 96 valence electrons. The summed E-state index contributed by atoms with van der Waals surface area (Å²) in [5, 5.41) is 3.30. The normalized spacial score (nSPS) is 11.1. The summed E-state index contributed by atoms with van der Waals surface area (Å²) in [6.07, 6.45) is 10.6. The minimum absolute atomic E-state index is 0.735. The third-order valence-electron chi connectivity index (χ3n) is 2.57. The van der Waals surface area contributed by atoms with E-state index >= 15 is 0 Å². The van der Waals surface area contributed by atoms with Crippen molar-refractivity contribution in [1.29, 1.82) is 0 Å². The fraction of sp³-hybridized carbons (Fsp3) is 0.133. The van der Waals surface area contributed by atoms with E-state index in [1.54, 1.807) is 30.9 Å². The Kier molecular flexibility index (Phi) is 4.39. The van der Waals surface area contributed by atoms with E-state index in [1.165, 1.54) is 0 Å². The molecule has 0 amide bonds. The lowest BCUT2D eigenvalue weighted by molar-refractivity contribution is 1.14. The van der Waals surface area contributed by atoms with Gasteiger partial charge >= 0.3 is 0 Å². The Morgan fingerprint density at radius 1 is 1.26 bits per heavy atom. The van der Waals surface area contributed by atoms with Crippen molar-refractivity contribution in [2.24, 2.45) is 0 Å². The molecule has 1 N–H and O–H groups in total. The van der Waals surface area contributed by atoms with Gasteiger partial charge in [-0.15, -0.1) is 0 Å². The van der Waals surface area contributed by atoms with Crippen molar-refractivity contribution in [2.75, 3.05) is 11.9 Å². The van der Waals surface area contributed by atoms with Gasteiger partial charge in [0.1, 0.15) is 0 Å². The van der Waals surface area contributed by atoms with Crippen molar-refractivity contribution in [3.63, 3.8) is 0 Å². The number of hydrogen-bond acceptors (Lipinski definition) is 4. The number of rotatable bonds is 5. The van der Waals surface area contributed by atoms with E-state index in [-0.39, 0.29) is 0 Å². The highest BCUT2D eigenvalue weighted by Gasteiger charge is 1.99. The van der Waals surface area contributed by atoms with Crippen molar-refractivity contribution in [1.82, 2.24) is 15.0 Å². The average molecular weight is 252 g/mol. The first-order valence-electron chi connectivity index (χ1n) is 6.04. The van der Waals surface area contributed by atoms with E-state index in [2.05, 4.69) is 26.8 Å². The monoisotopic (exact) mass is 252 g/mol. The molecular weight excluding hydrogens is 236 g/mol. The summed E-state index contributed by atoms with van der Waals surface area (Å²) in [6.45, 7) is 6.52. The van der Waals surface area contributed by atoms with Gasteiger partial charge in [-0.3, -0.25) is 15.0 Å². The molecular formula is C15H16N4. The number of nitrogens with zero attached hydrogens (tertiary/aromatic N) is 3. The third kappa shape index (κ3) is 3.74. The molecule has 0 radical (unpaired) electrons. The predicted octanol–water partition coefficient (Wildman–Crippen LogP) is 3.03. The summed E-state index contributed by atoms with van der Waals surface area (Å²) < 4.78 is 0. The number of hydrogen-bond donors (Lipinski definition) is 1. The van der Waals surface area contributed by atoms with Crippen molar-refractivity contribution >= 4 is 17.8 Å². The van der Waals surface area contributed by atoms with Gasteiger partial charge in [-0.25, -0.2) is 0 Å². The maximum absolute atomic E-state index is 4.29. The van der Waals surface area contributed by atoms with Crippen molar-refractivity contribution in [3.8, 4) is 0 Å². The molecule has 4 nitrogen and oxygen atoms in total. The number of nitrogens with one attached hydrogen (secondary N) is 1. The van der Waals surface area contributed by atoms with Gasteiger partial charge in [-0.1, -0.05) is 12.2 Å². The molecule has 2 rings (SSSR count). The molecule has 0 fully saturated rings. The van der Waals surface area contributed by atoms with Gasteiger partial charge in [0.15, 0.2) is 0 Å². The van der Waals surface area contributed by atoms with Crippen LogP contribution in [-0.4, -0.2) is 21.5 Å². The fourth-order valence-corrected chi connectivity index (χ4v) is 1.62. The summed E-state index contributed by atoms with van der Waals surface area (Å²) in [7, 11) is 0. The van der Waals surface area contributed by atoms with E-state index in [0.29, 0.717) is 0 Å². The lowest BCUT2D eigenvalue weighted by Crippen LogP contribution is -2.03. The molecule has 0 aliphatic rings. The molecule has 19 heavy (non-hydrogen) atoms. The van der Waals surface area contributed by atoms with Crippen LogP contribution in [0.4, 0.5) is 5.69 Å². The average Bonchev–Trinajstić information content (AvgIpc) is 2.47. The van der Waals surface area contributed by atoms with Crippen LogP contribution in [-0.2, 0) is 0 Å². The summed E-state index contributed by atoms with van der Waals surface area (Å²) in [5.74, 6) is 0. The Morgan fingerprint density at radius 2 is 2.05 bits per heavy atom. The second-order valence-corrected chi connectivity index (χ2v) is 4.12. The van der Waals surface area contributed by atoms with Crippen molar-refractivity contribution in [2.45, 2.75) is 6.92 Å². The molecule has 0 aliphatic carbocycles. The fourth-order valence-electron chi connectivity index (χ4n) is 1.62. The van der Waals surface area contributed by atoms with Crippen LogP contribution < -0.4 is 5.32 Å². The van der Waals surface area contributed by atoms with Gasteiger partial charge in [0, 0.05) is 31.3 Å². The first kappa shape index (κ1) is 13.0. The van der Waals surface area contributed by atoms with Crippen molar-refractivity contribution < 1.29 is 0 Å². The summed E-state index contributed by atoms with van der Waals surface area (Å²) in [4.78, 5) is 12.6. The molecule has 0 atom stereocenters. The van der Waals surface area contributed by atoms with E-state index in [0.717, 1.165) is 29.2 Å². The van der Waals surface area contributed by atoms with E-state index in [9.17, 15) is 0 Å². The second kappa shape index (κ2) is 6.44. The van der Waals surface area contributed by atoms with Gasteiger partial charge in [0.05, 0.1) is 17.1 Å². The first-order chi connectivity index (χ1) is 9.29. The quantitative estimate of drug-likeness (QED) is 0.888. The zero-order valence-corrected chi connectivity index (χ0v) is 10.9. The summed E-state index contributed by atoms with van der Waals surface area (Å²) in [5.41, 5.74) is 3.79. The Bertz CT molecular complexity index is 576. The van der Waals surface area contributed by atoms with Crippen molar-refractivity contribution in [3.05, 3.63) is 60.5 Å². The Morgan fingerprint density at radius 3 is 2.74 bits per heavy atom. The largest absolute Gasteiger partial charge is 0.380 e. The molecule has 4 heteroatoms. The van der Waals surface area contributed by atoms with Crippen LogP contribution in [0, 0.1) is 0 Å². The van der Waals surface area contributed by atoms with Gasteiger partial charge in [-0.05, 0) is 31.2 Å². The van der Waals surface area contributed by atoms with Crippen LogP contribution in [0.1, 0.15) is 18.3 Å². The highest BCUT2D eigenvalue weighted by atomic mass is 14.9. The van der Waals surface area contributed by atoms with E-state index in [4.69, 9.17) is 0 Å². The van der Waals surface area contributed by atoms with E-state index in [1.807, 2.05) is 25.1 Å². The van der Waals surface area contributed by atoms with Crippen LogP contribution in [0.2, 0.25) is 0 Å². The Balaban J connectivity index is 2.05. The van der Waals surface area contributed by atoms with Gasteiger partial charge in [0.2, 0.25) is 0 Å². The van der Waals surface area contributed by atoms with Gasteiger partial charge in [0.25, 0.3) is 0 Å². The maximum atomic E-state index is 4.29. The smallest absolute Gasteiger partial charge is 0.0886 e. The standard InChI is InChI=1S/C15H16N4/c1-3-14-15(18-8-7-17-14)9-12(2)10-19-13-5-4-6-16-11-13/h3-9,11,19H,1,10H2,2H3/b12-9+. The SMILES string of the molecule is C=Cc1nccnc1/C=C(\C)CNc1cccnc1. The van der Waals surface area contributed by atoms with Gasteiger partial charge in [-0.2, -0.15) is 0 Å². The highest BCUT2D eigenvalue weighted by molar-refractivity contribution is 5.60. The number of anilines is 1. The van der Waals surface area contributed by atoms with Crippen LogP contribution in [0.25, 0.3) is 12.2 Å². The number of aromatic nitrogens is 3.